The molecule has 0 radical (unpaired) electrons. The molecule has 0 aromatic heterocycles. The highest BCUT2D eigenvalue weighted by molar-refractivity contribution is 5.99. The molecule has 2 aromatic carbocycles. The number of hydrogen-bond acceptors (Lipinski definition) is 17. The Labute approximate surface area is 511 Å². The SMILES string of the molecule is CC[C@H](C)[C@H](NC(=O)[C@H](Cc1ccc(O)cc1)NC(=O)[C@@H]1CCCN1C(=O)[C@H](CCCCN)NC(=O)[C@H](CC(C)C)NC(=O)[C@H](CC(N)=O)NC(=O)[C@@H](N)[C@@H](C)O)C(=O)N[C@H](C(=O)N[C@@H](Cc1ccc(O)cc1)C(=O)N[C@@H](CC(=O)O)C(=O)O)[C@@H](C)CC. The largest absolute Gasteiger partial charge is 0.508 e. The Kier molecular flexibility index (Phi) is 30.2. The number of unbranched alkanes of at least 4 members (excludes halogenated alkanes) is 1. The summed E-state index contributed by atoms with van der Waals surface area (Å²) < 4.78 is 0. The molecule has 0 bridgehead atoms. The molecular weight excluding hydrogens is 1150 g/mol. The second kappa shape index (κ2) is 36.0. The highest BCUT2D eigenvalue weighted by Crippen LogP contribution is 2.23. The van der Waals surface area contributed by atoms with Crippen LogP contribution >= 0.6 is 0 Å². The van der Waals surface area contributed by atoms with Gasteiger partial charge in [0.25, 0.3) is 0 Å². The van der Waals surface area contributed by atoms with Crippen LogP contribution in [-0.2, 0) is 70.4 Å². The summed E-state index contributed by atoms with van der Waals surface area (Å²) in [5.74, 6) is -13.8. The van der Waals surface area contributed by atoms with Crippen molar-refractivity contribution in [1.82, 2.24) is 47.4 Å². The molecule has 1 fully saturated rings. The number of aliphatic hydroxyl groups is 1. The summed E-state index contributed by atoms with van der Waals surface area (Å²) in [5, 5.41) is 69.4. The molecule has 1 aliphatic heterocycles. The van der Waals surface area contributed by atoms with Gasteiger partial charge < -0.3 is 90.2 Å². The number of phenols is 2. The summed E-state index contributed by atoms with van der Waals surface area (Å²) in [6.45, 7) is 11.8. The highest BCUT2D eigenvalue weighted by atomic mass is 16.4. The molecule has 0 unspecified atom stereocenters. The average molecular weight is 1240 g/mol. The fourth-order valence-electron chi connectivity index (χ4n) is 9.63. The number of nitrogens with two attached hydrogens (primary N) is 3. The van der Waals surface area contributed by atoms with Crippen molar-refractivity contribution < 1.29 is 83.1 Å². The van der Waals surface area contributed by atoms with E-state index in [1.54, 1.807) is 41.5 Å². The monoisotopic (exact) mass is 1240 g/mol. The Hall–Kier alpha value is -8.44. The van der Waals surface area contributed by atoms with Crippen molar-refractivity contribution in [1.29, 1.82) is 0 Å². The predicted molar refractivity (Wildman–Crippen MR) is 318 cm³/mol. The number of aliphatic carboxylic acids is 2. The van der Waals surface area contributed by atoms with Gasteiger partial charge in [0.2, 0.25) is 59.1 Å². The number of nitrogens with one attached hydrogen (secondary N) is 8. The maximum Gasteiger partial charge on any atom is 0.326 e. The van der Waals surface area contributed by atoms with Crippen LogP contribution in [0.5, 0.6) is 11.5 Å². The number of carboxylic acids is 2. The van der Waals surface area contributed by atoms with Crippen molar-refractivity contribution >= 4 is 71.0 Å². The highest BCUT2D eigenvalue weighted by Gasteiger charge is 2.42. The van der Waals surface area contributed by atoms with Gasteiger partial charge in [-0.1, -0.05) is 78.6 Å². The van der Waals surface area contributed by atoms with Crippen LogP contribution in [0.1, 0.15) is 124 Å². The molecule has 1 heterocycles. The normalized spacial score (nSPS) is 17.1. The van der Waals surface area contributed by atoms with Crippen molar-refractivity contribution in [2.24, 2.45) is 35.0 Å². The van der Waals surface area contributed by atoms with Gasteiger partial charge in [-0.2, -0.15) is 0 Å². The summed E-state index contributed by atoms with van der Waals surface area (Å²) in [6, 6.07) is -3.30. The Morgan fingerprint density at radius 2 is 1.01 bits per heavy atom. The van der Waals surface area contributed by atoms with Gasteiger partial charge in [0.05, 0.1) is 18.9 Å². The van der Waals surface area contributed by atoms with E-state index in [2.05, 4.69) is 42.5 Å². The van der Waals surface area contributed by atoms with Crippen molar-refractivity contribution in [2.45, 2.75) is 192 Å². The minimum atomic E-state index is -1.88. The third-order valence-electron chi connectivity index (χ3n) is 15.2. The first kappa shape index (κ1) is 73.8. The van der Waals surface area contributed by atoms with Crippen LogP contribution in [-0.4, -0.2) is 181 Å². The number of carbonyl (C=O) groups is 12. The number of carbonyl (C=O) groups excluding carboxylic acids is 10. The number of rotatable bonds is 37. The van der Waals surface area contributed by atoms with E-state index >= 15 is 0 Å². The first-order valence-electron chi connectivity index (χ1n) is 29.6. The number of amides is 10. The zero-order valence-electron chi connectivity index (χ0n) is 50.9. The van der Waals surface area contributed by atoms with Gasteiger partial charge in [-0.3, -0.25) is 52.7 Å². The third kappa shape index (κ3) is 23.7. The van der Waals surface area contributed by atoms with Crippen molar-refractivity contribution in [3.05, 3.63) is 59.7 Å². The van der Waals surface area contributed by atoms with E-state index in [-0.39, 0.29) is 69.0 Å². The molecule has 13 atom stereocenters. The molecule has 29 nitrogen and oxygen atoms in total. The van der Waals surface area contributed by atoms with Crippen LogP contribution in [0.2, 0.25) is 0 Å². The lowest BCUT2D eigenvalue weighted by atomic mass is 9.94. The van der Waals surface area contributed by atoms with Crippen molar-refractivity contribution in [3.63, 3.8) is 0 Å². The maximum absolute atomic E-state index is 14.7. The number of primary amides is 1. The van der Waals surface area contributed by atoms with Crippen LogP contribution in [0.25, 0.3) is 0 Å². The van der Waals surface area contributed by atoms with E-state index in [0.29, 0.717) is 36.8 Å². The zero-order valence-corrected chi connectivity index (χ0v) is 50.9. The summed E-state index contributed by atoms with van der Waals surface area (Å²) in [7, 11) is 0. The van der Waals surface area contributed by atoms with Gasteiger partial charge in [0.15, 0.2) is 0 Å². The van der Waals surface area contributed by atoms with Crippen LogP contribution in [0.15, 0.2) is 48.5 Å². The van der Waals surface area contributed by atoms with Crippen LogP contribution in [0.4, 0.5) is 0 Å². The number of likely N-dealkylation sites (tertiary alicyclic amines) is 1. The molecule has 1 aliphatic rings. The van der Waals surface area contributed by atoms with Crippen molar-refractivity contribution in [3.8, 4) is 11.5 Å². The van der Waals surface area contributed by atoms with Gasteiger partial charge in [-0.15, -0.1) is 0 Å². The first-order chi connectivity index (χ1) is 41.4. The van der Waals surface area contributed by atoms with E-state index in [4.69, 9.17) is 17.2 Å². The molecule has 88 heavy (non-hydrogen) atoms. The fraction of sp³-hybridized carbons (Fsp3) is 0.593. The summed E-state index contributed by atoms with van der Waals surface area (Å²) in [6.07, 6.45) is -1.66. The molecule has 488 valence electrons. The summed E-state index contributed by atoms with van der Waals surface area (Å²) >= 11 is 0. The molecule has 29 heteroatoms. The molecule has 0 spiro atoms. The molecule has 0 saturated carbocycles. The number of hydrogen-bond donors (Lipinski definition) is 16. The van der Waals surface area contributed by atoms with Crippen LogP contribution < -0.4 is 59.7 Å². The average Bonchev–Trinajstić information content (AvgIpc) is 2.16. The molecular formula is C59H90N12O17. The minimum absolute atomic E-state index is 0.0124. The third-order valence-corrected chi connectivity index (χ3v) is 15.2. The van der Waals surface area contributed by atoms with E-state index in [0.717, 1.165) is 0 Å². The van der Waals surface area contributed by atoms with E-state index in [1.807, 2.05) is 0 Å². The minimum Gasteiger partial charge on any atom is -0.508 e. The number of aromatic hydroxyl groups is 2. The van der Waals surface area contributed by atoms with E-state index in [9.17, 15) is 83.1 Å². The Bertz CT molecular complexity index is 2730. The lowest BCUT2D eigenvalue weighted by Gasteiger charge is -2.32. The number of aliphatic hydroxyl groups excluding tert-OH is 1. The number of benzene rings is 2. The Balaban J connectivity index is 1.97. The predicted octanol–water partition coefficient (Wildman–Crippen LogP) is -1.84. The van der Waals surface area contributed by atoms with E-state index < -0.39 is 162 Å². The summed E-state index contributed by atoms with van der Waals surface area (Å²) in [5.41, 5.74) is 17.8. The van der Waals surface area contributed by atoms with Gasteiger partial charge in [-0.05, 0) is 105 Å². The number of nitrogens with zero attached hydrogens (tertiary/aromatic N) is 1. The van der Waals surface area contributed by atoms with Gasteiger partial charge >= 0.3 is 11.9 Å². The molecule has 1 saturated heterocycles. The van der Waals surface area contributed by atoms with Gasteiger partial charge in [0, 0.05) is 19.4 Å². The maximum atomic E-state index is 14.7. The van der Waals surface area contributed by atoms with E-state index in [1.165, 1.54) is 60.4 Å². The van der Waals surface area contributed by atoms with Crippen molar-refractivity contribution in [2.75, 3.05) is 13.1 Å². The Morgan fingerprint density at radius 1 is 0.568 bits per heavy atom. The van der Waals surface area contributed by atoms with Crippen LogP contribution in [0, 0.1) is 17.8 Å². The van der Waals surface area contributed by atoms with Gasteiger partial charge in [-0.25, -0.2) is 4.79 Å². The first-order valence-corrected chi connectivity index (χ1v) is 29.6. The molecule has 3 rings (SSSR count). The number of carboxylic acid groups (broad SMARTS) is 2. The molecule has 0 aliphatic carbocycles. The lowest BCUT2D eigenvalue weighted by Crippen LogP contribution is -2.62. The fourth-order valence-corrected chi connectivity index (χ4v) is 9.63. The molecule has 19 N–H and O–H groups in total. The van der Waals surface area contributed by atoms with Gasteiger partial charge in [0.1, 0.15) is 71.9 Å². The Morgan fingerprint density at radius 3 is 1.49 bits per heavy atom. The standard InChI is InChI=1S/C59H90N12O17/c1-8-31(5)48(56(84)67-40(26-34-15-19-36(73)20-16-34)51(79)68-43(59(87)88)29-46(76)77)70-57(85)49(32(6)9-2)69-53(81)41(27-35-17-21-37(74)22-18-35)65-54(82)44-14-12-24-71(44)58(86)38(13-10-11-23-60)63-50(78)39(25-30(3)4)64-52(80)42(28-45(61)75)66-55(83)47(62)33(7)72/h15-22,30-33,38-44,47-49,72-74H,8-14,23-29,60,62H2,1-7H3,(H2,61,75)(H,63,78)(H,64,80)(H,65,82)(H,66,83)(H,67,84)(H,68,79)(H,69,81)(H,70,85)(H,76,77)(H,87,88)/t31-,32-,33+,38-,39-,40-,41-,42-,43-,44-,47-,48-,49-/m0/s1. The van der Waals surface area contributed by atoms with Crippen LogP contribution in [0.3, 0.4) is 0 Å². The number of phenolic OH excluding ortho intramolecular Hbond substituents is 2. The smallest absolute Gasteiger partial charge is 0.326 e. The quantitative estimate of drug-likeness (QED) is 0.0331. The zero-order chi connectivity index (χ0) is 66.1. The second-order valence-corrected chi connectivity index (χ2v) is 22.8. The molecule has 2 aromatic rings. The summed E-state index contributed by atoms with van der Waals surface area (Å²) in [4.78, 5) is 164. The lowest BCUT2D eigenvalue weighted by molar-refractivity contribution is -0.147. The second-order valence-electron chi connectivity index (χ2n) is 22.8. The molecule has 10 amide bonds. The topological polar surface area (TPSA) is 484 Å².